The molecule has 4 unspecified atom stereocenters. The van der Waals surface area contributed by atoms with Crippen LogP contribution in [0.25, 0.3) is 11.1 Å². The van der Waals surface area contributed by atoms with E-state index < -0.39 is 107 Å². The maximum Gasteiger partial charge on any atom is 0.342 e. The summed E-state index contributed by atoms with van der Waals surface area (Å²) >= 11 is 3.06. The first-order valence-corrected chi connectivity index (χ1v) is 38.5. The Kier molecular flexibility index (Phi) is 31.8. The molecule has 612 valence electrons. The molecule has 0 bridgehead atoms. The number of carbonyl (C=O) groups is 4. The number of hydrogen-bond donors (Lipinski definition) is 0. The van der Waals surface area contributed by atoms with Crippen LogP contribution in [0.1, 0.15) is 255 Å². The third-order valence-electron chi connectivity index (χ3n) is 19.4. The van der Waals surface area contributed by atoms with Crippen LogP contribution in [-0.2, 0) is 76.0 Å². The number of rotatable bonds is 23. The summed E-state index contributed by atoms with van der Waals surface area (Å²) in [5.74, 6) is -1.52. The van der Waals surface area contributed by atoms with E-state index in [1.807, 2.05) is 143 Å². The van der Waals surface area contributed by atoms with E-state index in [0.29, 0.717) is 68.1 Å². The number of halogens is 1. The molecule has 0 aromatic carbocycles. The minimum Gasteiger partial charge on any atom is -0.464 e. The smallest absolute Gasteiger partial charge is 0.342 e. The molecule has 4 atom stereocenters. The summed E-state index contributed by atoms with van der Waals surface area (Å²) in [5.41, 5.74) is -4.03. The first-order chi connectivity index (χ1) is 50.7. The number of carbonyl (C=O) groups excluding carboxylic acids is 4. The summed E-state index contributed by atoms with van der Waals surface area (Å²) in [5, 5.41) is 31.6. The van der Waals surface area contributed by atoms with Crippen molar-refractivity contribution in [2.75, 3.05) is 26.4 Å². The molecule has 110 heavy (non-hydrogen) atoms. The molecule has 0 aliphatic carbocycles. The first kappa shape index (κ1) is 93.3. The quantitative estimate of drug-likeness (QED) is 0.0162. The molecule has 0 radical (unpaired) electrons. The molecule has 2 fully saturated rings. The predicted molar refractivity (Wildman–Crippen MR) is 417 cm³/mol. The average Bonchev–Trinajstić information content (AvgIpc) is 1.55. The number of esters is 4. The highest BCUT2D eigenvalue weighted by atomic mass is 79.9. The lowest BCUT2D eigenvalue weighted by molar-refractivity contribution is -0.385. The second kappa shape index (κ2) is 37.5. The maximum atomic E-state index is 12.6. The molecule has 3 aromatic heterocycles. The number of unbranched alkanes of at least 4 members (excludes halogenated alkanes) is 4. The fourth-order valence-electron chi connectivity index (χ4n) is 12.8. The monoisotopic (exact) mass is 1610 g/mol. The fraction of sp³-hybridized carbons (Fsp3) is 0.667. The van der Waals surface area contributed by atoms with Crippen LogP contribution in [0.3, 0.4) is 0 Å². The van der Waals surface area contributed by atoms with Gasteiger partial charge in [0.25, 0.3) is 17.1 Å². The van der Waals surface area contributed by atoms with Crippen molar-refractivity contribution in [1.82, 2.24) is 15.0 Å². The Morgan fingerprint density at radius 1 is 0.409 bits per heavy atom. The van der Waals surface area contributed by atoms with E-state index >= 15 is 0 Å². The summed E-state index contributed by atoms with van der Waals surface area (Å²) < 4.78 is 71.0. The molecule has 0 saturated carbocycles. The summed E-state index contributed by atoms with van der Waals surface area (Å²) in [6.45, 7) is 48.2. The average molecular weight is 1610 g/mol. The van der Waals surface area contributed by atoms with Gasteiger partial charge in [-0.25, -0.2) is 34.1 Å². The second-order valence-electron chi connectivity index (χ2n) is 33.3. The molecular formula is C81H119BrN6O22. The van der Waals surface area contributed by atoms with Crippen LogP contribution in [0.2, 0.25) is 0 Å². The zero-order valence-electron chi connectivity index (χ0n) is 69.0. The van der Waals surface area contributed by atoms with Crippen molar-refractivity contribution in [3.63, 3.8) is 0 Å². The van der Waals surface area contributed by atoms with Gasteiger partial charge in [0, 0.05) is 43.9 Å². The van der Waals surface area contributed by atoms with Crippen molar-refractivity contribution in [2.24, 2.45) is 0 Å². The number of pyridine rings is 3. The van der Waals surface area contributed by atoms with Crippen LogP contribution >= 0.6 is 15.9 Å². The number of ether oxygens (including phenoxy) is 12. The Hall–Kier alpha value is -7.35. The van der Waals surface area contributed by atoms with Gasteiger partial charge in [-0.1, -0.05) is 53.4 Å². The van der Waals surface area contributed by atoms with E-state index in [9.17, 15) is 49.5 Å². The molecule has 0 amide bonds. The standard InChI is InChI=1S/2C20H34O5.2C18H24N2O5.C5H3BrN2O2/c2*1-9-10-11-22-16(21)20(8)13-14(12-17(2,3)25-20)15-23-18(4,5)19(6,7)24-15;2*1-5-6-9-24-16(21)18(4)11-13(10-17(2,3)25-18)15-8-7-14(12-19-15)20(22)23;6-5-2-1-4(3-7-5)8(9)10/h13,15H,9-12H2,1-8H3;12,15H,9-11,13H2,1-8H3;7-8,11-12H,5-6,9-10H2,1-4H3;7-8,10,12H,5-6,9,11H2,1-4H3;1-3H. The Bertz CT molecular complexity index is 3800. The topological polar surface area (TPSA) is 347 Å². The molecule has 2 saturated heterocycles. The third-order valence-corrected chi connectivity index (χ3v) is 19.9. The van der Waals surface area contributed by atoms with Gasteiger partial charge in [0.15, 0.2) is 35.0 Å². The van der Waals surface area contributed by atoms with Gasteiger partial charge >= 0.3 is 23.9 Å². The van der Waals surface area contributed by atoms with Gasteiger partial charge in [0.2, 0.25) is 0 Å². The fourth-order valence-corrected chi connectivity index (χ4v) is 13.0. The normalized spacial score (nSPS) is 24.9. The SMILES string of the molecule is CCCCOC(=O)C1(C)C=C(C2OC(C)(C)C(C)(C)O2)CC(C)(C)O1.CCCCOC(=O)C1(C)C=C(c2ccc([N+](=O)[O-])cn2)CC(C)(C)O1.CCCCOC(=O)C1(C)CC(C2OC(C)(C)C(C)(C)O2)=CC(C)(C)O1.CCCCOC(=O)C1(C)CC(c2ccc([N+](=O)[O-])cn2)=CC(C)(C)O1.O=[N+]([O-])c1ccc(Br)nc1. The van der Waals surface area contributed by atoms with Crippen LogP contribution in [0.15, 0.2) is 95.0 Å². The zero-order valence-corrected chi connectivity index (χ0v) is 70.6. The molecule has 6 aliphatic rings. The Balaban J connectivity index is 0.000000251. The van der Waals surface area contributed by atoms with Gasteiger partial charge in [-0.05, 0) is 245 Å². The predicted octanol–water partition coefficient (Wildman–Crippen LogP) is 17.4. The summed E-state index contributed by atoms with van der Waals surface area (Å²) in [6, 6.07) is 8.91. The minimum atomic E-state index is -1.21. The van der Waals surface area contributed by atoms with Crippen LogP contribution in [0.5, 0.6) is 0 Å². The van der Waals surface area contributed by atoms with E-state index in [1.165, 1.54) is 42.9 Å². The molecule has 6 aliphatic heterocycles. The zero-order chi connectivity index (χ0) is 83.1. The van der Waals surface area contributed by atoms with Crippen molar-refractivity contribution >= 4 is 68.0 Å². The molecular weight excluding hydrogens is 1490 g/mol. The molecule has 0 N–H and O–H groups in total. The van der Waals surface area contributed by atoms with Crippen molar-refractivity contribution in [3.8, 4) is 0 Å². The van der Waals surface area contributed by atoms with Crippen molar-refractivity contribution in [1.29, 1.82) is 0 Å². The van der Waals surface area contributed by atoms with E-state index in [-0.39, 0.29) is 29.0 Å². The molecule has 9 rings (SSSR count). The van der Waals surface area contributed by atoms with Crippen LogP contribution in [0.4, 0.5) is 17.1 Å². The van der Waals surface area contributed by atoms with Gasteiger partial charge < -0.3 is 56.8 Å². The summed E-state index contributed by atoms with van der Waals surface area (Å²) in [6.07, 6.45) is 19.1. The second-order valence-corrected chi connectivity index (χ2v) is 34.2. The first-order valence-electron chi connectivity index (χ1n) is 37.7. The molecule has 0 spiro atoms. The Morgan fingerprint density at radius 3 is 1.07 bits per heavy atom. The van der Waals surface area contributed by atoms with Crippen LogP contribution in [0, 0.1) is 30.3 Å². The van der Waals surface area contributed by atoms with Gasteiger partial charge in [-0.3, -0.25) is 30.3 Å². The lowest BCUT2D eigenvalue weighted by Crippen LogP contribution is -2.50. The largest absolute Gasteiger partial charge is 0.464 e. The van der Waals surface area contributed by atoms with E-state index in [0.717, 1.165) is 73.7 Å². The molecule has 28 nitrogen and oxygen atoms in total. The third kappa shape index (κ3) is 25.8. The van der Waals surface area contributed by atoms with Gasteiger partial charge in [0.1, 0.15) is 23.2 Å². The lowest BCUT2D eigenvalue weighted by atomic mass is 9.86. The highest BCUT2D eigenvalue weighted by Crippen LogP contribution is 2.48. The number of nitro groups is 3. The number of aromatic nitrogens is 3. The maximum absolute atomic E-state index is 12.6. The van der Waals surface area contributed by atoms with E-state index in [1.54, 1.807) is 45.9 Å². The van der Waals surface area contributed by atoms with Crippen LogP contribution in [-0.4, -0.2) is 160 Å². The minimum absolute atomic E-state index is 0.00296. The summed E-state index contributed by atoms with van der Waals surface area (Å²) in [4.78, 5) is 92.5. The van der Waals surface area contributed by atoms with Crippen molar-refractivity contribution < 1.29 is 90.8 Å². The summed E-state index contributed by atoms with van der Waals surface area (Å²) in [7, 11) is 0. The Morgan fingerprint density at radius 2 is 0.727 bits per heavy atom. The lowest BCUT2D eigenvalue weighted by Gasteiger charge is -2.41. The molecule has 3 aromatic rings. The molecule has 9 heterocycles. The van der Waals surface area contributed by atoms with Crippen molar-refractivity contribution in [3.05, 3.63) is 137 Å². The van der Waals surface area contributed by atoms with Crippen LogP contribution < -0.4 is 0 Å². The highest BCUT2D eigenvalue weighted by Gasteiger charge is 2.56. The van der Waals surface area contributed by atoms with Crippen molar-refractivity contribution in [2.45, 2.75) is 323 Å². The Labute approximate surface area is 656 Å². The number of hydrogen-bond acceptors (Lipinski definition) is 25. The number of nitrogens with zero attached hydrogens (tertiary/aromatic N) is 6. The van der Waals surface area contributed by atoms with Gasteiger partial charge in [0.05, 0.1) is 97.4 Å². The van der Waals surface area contributed by atoms with Gasteiger partial charge in [-0.2, -0.15) is 0 Å². The van der Waals surface area contributed by atoms with E-state index in [4.69, 9.17) is 56.8 Å². The van der Waals surface area contributed by atoms with E-state index in [2.05, 4.69) is 44.7 Å². The highest BCUT2D eigenvalue weighted by molar-refractivity contribution is 9.10. The molecule has 29 heteroatoms. The van der Waals surface area contributed by atoms with Gasteiger partial charge in [-0.15, -0.1) is 0 Å².